The molecule has 1 aliphatic heterocycles. The van der Waals surface area contributed by atoms with E-state index in [2.05, 4.69) is 40.2 Å². The molecule has 0 N–H and O–H groups in total. The quantitative estimate of drug-likeness (QED) is 0.541. The number of nitrogens with zero attached hydrogens (tertiary/aromatic N) is 5. The van der Waals surface area contributed by atoms with Crippen LogP contribution >= 0.6 is 25.2 Å². The number of carbonyl (C=O) groups excluding carboxylic acids is 1. The molecule has 0 spiro atoms. The first-order valence-corrected chi connectivity index (χ1v) is 9.99. The fourth-order valence-corrected chi connectivity index (χ4v) is 4.62. The highest BCUT2D eigenvalue weighted by Crippen LogP contribution is 2.39. The highest BCUT2D eigenvalue weighted by molar-refractivity contribution is 9.10. The fourth-order valence-electron chi connectivity index (χ4n) is 3.65. The van der Waals surface area contributed by atoms with Crippen molar-refractivity contribution in [1.82, 2.24) is 24.5 Å². The predicted molar refractivity (Wildman–Crippen MR) is 106 cm³/mol. The molecule has 0 saturated carbocycles. The van der Waals surface area contributed by atoms with Crippen molar-refractivity contribution < 1.29 is 13.6 Å². The minimum atomic E-state index is -1.67. The van der Waals surface area contributed by atoms with Crippen LogP contribution < -0.4 is 0 Å². The summed E-state index contributed by atoms with van der Waals surface area (Å²) in [6, 6.07) is 5.79. The van der Waals surface area contributed by atoms with Crippen molar-refractivity contribution in [2.45, 2.75) is 24.7 Å². The number of aryl methyl sites for hydroxylation is 1. The molecule has 10 heteroatoms. The van der Waals surface area contributed by atoms with Gasteiger partial charge in [0.25, 0.3) is 11.7 Å². The van der Waals surface area contributed by atoms with E-state index >= 15 is 4.39 Å². The summed E-state index contributed by atoms with van der Waals surface area (Å²) in [7, 11) is 2.20. The zero-order valence-corrected chi connectivity index (χ0v) is 17.7. The van der Waals surface area contributed by atoms with E-state index in [0.717, 1.165) is 17.5 Å². The Morgan fingerprint density at radius 1 is 1.36 bits per heavy atom. The van der Waals surface area contributed by atoms with Crippen LogP contribution in [0.25, 0.3) is 5.78 Å². The molecule has 1 saturated heterocycles. The summed E-state index contributed by atoms with van der Waals surface area (Å²) in [5.41, 5.74) is 1.65. The van der Waals surface area contributed by atoms with Crippen LogP contribution in [-0.4, -0.2) is 48.9 Å². The zero-order valence-electron chi connectivity index (χ0n) is 14.9. The number of fused-ring (bicyclic) bond motifs is 1. The molecule has 3 atom stereocenters. The zero-order chi connectivity index (χ0) is 20.1. The number of rotatable bonds is 2. The summed E-state index contributed by atoms with van der Waals surface area (Å²) in [5, 5.41) is 2.52. The van der Waals surface area contributed by atoms with Gasteiger partial charge >= 0.3 is 0 Å². The molecule has 2 unspecified atom stereocenters. The maximum Gasteiger partial charge on any atom is 0.254 e. The van der Waals surface area contributed by atoms with Crippen molar-refractivity contribution >= 4 is 36.9 Å². The Morgan fingerprint density at radius 3 is 2.89 bits per heavy atom. The smallest absolute Gasteiger partial charge is 0.254 e. The Kier molecular flexibility index (Phi) is 4.91. The summed E-state index contributed by atoms with van der Waals surface area (Å²) in [6.07, 6.45) is 1.59. The second-order valence-corrected chi connectivity index (χ2v) is 9.02. The van der Waals surface area contributed by atoms with Gasteiger partial charge in [0.2, 0.25) is 0 Å². The number of carbonyl (C=O) groups is 1. The Balaban J connectivity index is 1.71. The maximum absolute atomic E-state index is 15.1. The number of benzene rings is 1. The lowest BCUT2D eigenvalue weighted by Crippen LogP contribution is -2.48. The van der Waals surface area contributed by atoms with Gasteiger partial charge in [-0.2, -0.15) is 10.1 Å². The molecule has 0 bridgehead atoms. The van der Waals surface area contributed by atoms with E-state index in [-0.39, 0.29) is 31.0 Å². The minimum absolute atomic E-state index is 0.0916. The van der Waals surface area contributed by atoms with E-state index in [4.69, 9.17) is 0 Å². The normalized spacial score (nSPS) is 22.6. The molecule has 0 aliphatic carbocycles. The Labute approximate surface area is 170 Å². The van der Waals surface area contributed by atoms with E-state index in [1.54, 1.807) is 4.52 Å². The largest absolute Gasteiger partial charge is 0.334 e. The lowest BCUT2D eigenvalue weighted by molar-refractivity contribution is 0.0542. The van der Waals surface area contributed by atoms with Crippen molar-refractivity contribution in [1.29, 1.82) is 0 Å². The third-order valence-corrected chi connectivity index (χ3v) is 5.58. The Hall–Kier alpha value is -1.99. The molecule has 1 amide bonds. The van der Waals surface area contributed by atoms with Crippen molar-refractivity contribution in [2.75, 3.05) is 13.1 Å². The number of hydrogen-bond acceptors (Lipinski definition) is 4. The van der Waals surface area contributed by atoms with Crippen LogP contribution in [0.3, 0.4) is 0 Å². The van der Waals surface area contributed by atoms with Crippen molar-refractivity contribution in [2.24, 2.45) is 0 Å². The number of piperidine rings is 1. The van der Waals surface area contributed by atoms with Gasteiger partial charge in [0, 0.05) is 28.2 Å². The van der Waals surface area contributed by atoms with Gasteiger partial charge in [-0.15, -0.1) is 0 Å². The molecular formula is C18H17BrF2N5OP. The number of hydrogen-bond donors (Lipinski definition) is 0. The van der Waals surface area contributed by atoms with E-state index in [1.165, 1.54) is 23.4 Å². The fraction of sp³-hybridized carbons (Fsp3) is 0.333. The summed E-state index contributed by atoms with van der Waals surface area (Å²) in [4.78, 5) is 22.8. The van der Waals surface area contributed by atoms with Crippen molar-refractivity contribution in [3.8, 4) is 0 Å². The number of alkyl halides is 1. The average molecular weight is 468 g/mol. The monoisotopic (exact) mass is 467 g/mol. The molecule has 28 heavy (non-hydrogen) atoms. The van der Waals surface area contributed by atoms with E-state index in [0.29, 0.717) is 10.3 Å². The first-order valence-electron chi connectivity index (χ1n) is 8.62. The number of amides is 1. The Morgan fingerprint density at radius 2 is 2.14 bits per heavy atom. The summed E-state index contributed by atoms with van der Waals surface area (Å²) < 4.78 is 30.9. The molecule has 0 radical (unpaired) electrons. The molecule has 1 aromatic carbocycles. The van der Waals surface area contributed by atoms with Crippen LogP contribution in [0.4, 0.5) is 8.78 Å². The Bertz CT molecular complexity index is 1050. The SMILES string of the molecule is Cc1cc([C@@H]2CN(C(=O)c3cc(F)cc(Br)c3)CC(F)(P)C2)n2ncnc2n1. The molecule has 4 rings (SSSR count). The first-order chi connectivity index (χ1) is 13.2. The second-order valence-electron chi connectivity index (χ2n) is 7.07. The molecule has 6 nitrogen and oxygen atoms in total. The molecule has 1 fully saturated rings. The molecular weight excluding hydrogens is 451 g/mol. The van der Waals surface area contributed by atoms with Crippen molar-refractivity contribution in [3.63, 3.8) is 0 Å². The minimum Gasteiger partial charge on any atom is -0.334 e. The van der Waals surface area contributed by atoms with Gasteiger partial charge in [-0.1, -0.05) is 25.2 Å². The first kappa shape index (κ1) is 19.3. The topological polar surface area (TPSA) is 63.4 Å². The van der Waals surface area contributed by atoms with Gasteiger partial charge in [-0.25, -0.2) is 18.3 Å². The highest BCUT2D eigenvalue weighted by Gasteiger charge is 2.40. The highest BCUT2D eigenvalue weighted by atomic mass is 79.9. The molecule has 3 heterocycles. The maximum atomic E-state index is 15.1. The van der Waals surface area contributed by atoms with Gasteiger partial charge in [-0.3, -0.25) is 4.79 Å². The summed E-state index contributed by atoms with van der Waals surface area (Å²) in [5.74, 6) is -0.837. The van der Waals surface area contributed by atoms with E-state index < -0.39 is 17.1 Å². The van der Waals surface area contributed by atoms with Crippen LogP contribution in [-0.2, 0) is 0 Å². The third kappa shape index (κ3) is 3.78. The predicted octanol–water partition coefficient (Wildman–Crippen LogP) is 3.50. The van der Waals surface area contributed by atoms with E-state index in [9.17, 15) is 9.18 Å². The summed E-state index contributed by atoms with van der Waals surface area (Å²) >= 11 is 3.19. The van der Waals surface area contributed by atoms with Crippen molar-refractivity contribution in [3.05, 3.63) is 57.8 Å². The molecule has 2 aromatic heterocycles. The van der Waals surface area contributed by atoms with Gasteiger partial charge in [-0.05, 0) is 37.6 Å². The molecule has 146 valence electrons. The number of aromatic nitrogens is 4. The number of likely N-dealkylation sites (tertiary alicyclic amines) is 1. The molecule has 3 aromatic rings. The second kappa shape index (κ2) is 7.12. The lowest BCUT2D eigenvalue weighted by atomic mass is 9.92. The van der Waals surface area contributed by atoms with Crippen LogP contribution in [0, 0.1) is 12.7 Å². The number of halogens is 3. The molecule has 1 aliphatic rings. The van der Waals surface area contributed by atoms with Gasteiger partial charge in [0.05, 0.1) is 12.2 Å². The van der Waals surface area contributed by atoms with Crippen LogP contribution in [0.15, 0.2) is 35.1 Å². The average Bonchev–Trinajstić information content (AvgIpc) is 3.06. The standard InChI is InChI=1S/C18H17BrF2N5OP/c1-10-2-15(26-17(24-10)22-9-23-26)12-6-18(21,28)8-25(7-12)16(27)11-3-13(19)5-14(20)4-11/h2-5,9,12H,6-8,28H2,1H3/t12-,18?/m0/s1. The van der Waals surface area contributed by atoms with Crippen LogP contribution in [0.2, 0.25) is 0 Å². The van der Waals surface area contributed by atoms with E-state index in [1.807, 2.05) is 13.0 Å². The van der Waals surface area contributed by atoms with Gasteiger partial charge in [0.15, 0.2) is 0 Å². The lowest BCUT2D eigenvalue weighted by Gasteiger charge is -2.40. The summed E-state index contributed by atoms with van der Waals surface area (Å²) in [6.45, 7) is 2.02. The van der Waals surface area contributed by atoms with Crippen LogP contribution in [0.5, 0.6) is 0 Å². The van der Waals surface area contributed by atoms with Gasteiger partial charge < -0.3 is 4.90 Å². The van der Waals surface area contributed by atoms with Crippen LogP contribution in [0.1, 0.15) is 34.1 Å². The third-order valence-electron chi connectivity index (χ3n) is 4.70. The van der Waals surface area contributed by atoms with Gasteiger partial charge in [0.1, 0.15) is 17.6 Å².